The maximum absolute atomic E-state index is 5.68. The molecule has 0 aromatic carbocycles. The van der Waals surface area contributed by atoms with E-state index in [1.54, 1.807) is 0 Å². The summed E-state index contributed by atoms with van der Waals surface area (Å²) in [4.78, 5) is 8.87. The van der Waals surface area contributed by atoms with Gasteiger partial charge in [0.2, 0.25) is 0 Å². The minimum Gasteiger partial charge on any atom is -0.375 e. The SMILES string of the molecule is Cc1ccn2c(-c3csc(N)n3)c(C)nc2c1. The van der Waals surface area contributed by atoms with Crippen molar-refractivity contribution in [2.75, 3.05) is 5.73 Å². The third-order valence-electron chi connectivity index (χ3n) is 2.72. The number of nitrogen functional groups attached to an aromatic ring is 1. The maximum Gasteiger partial charge on any atom is 0.180 e. The van der Waals surface area contributed by atoms with Crippen LogP contribution < -0.4 is 5.73 Å². The van der Waals surface area contributed by atoms with Crippen molar-refractivity contribution in [1.29, 1.82) is 0 Å². The van der Waals surface area contributed by atoms with E-state index in [0.29, 0.717) is 5.13 Å². The van der Waals surface area contributed by atoms with Gasteiger partial charge in [-0.1, -0.05) is 0 Å². The summed E-state index contributed by atoms with van der Waals surface area (Å²) in [5.74, 6) is 0. The van der Waals surface area contributed by atoms with E-state index in [-0.39, 0.29) is 0 Å². The predicted octanol–water partition coefficient (Wildman–Crippen LogP) is 2.66. The molecular formula is C12H12N4S. The second-order valence-corrected chi connectivity index (χ2v) is 4.94. The van der Waals surface area contributed by atoms with Crippen LogP contribution >= 0.6 is 11.3 Å². The number of anilines is 1. The highest BCUT2D eigenvalue weighted by Gasteiger charge is 2.13. The van der Waals surface area contributed by atoms with Crippen molar-refractivity contribution in [3.63, 3.8) is 0 Å². The summed E-state index contributed by atoms with van der Waals surface area (Å²) in [6.07, 6.45) is 2.02. The van der Waals surface area contributed by atoms with E-state index >= 15 is 0 Å². The predicted molar refractivity (Wildman–Crippen MR) is 70.2 cm³/mol. The van der Waals surface area contributed by atoms with Crippen LogP contribution in [-0.2, 0) is 0 Å². The zero-order valence-corrected chi connectivity index (χ0v) is 10.5. The lowest BCUT2D eigenvalue weighted by atomic mass is 10.2. The number of aromatic nitrogens is 3. The molecule has 0 spiro atoms. The Hall–Kier alpha value is -1.88. The number of fused-ring (bicyclic) bond motifs is 1. The molecule has 0 aliphatic carbocycles. The molecule has 0 bridgehead atoms. The largest absolute Gasteiger partial charge is 0.375 e. The average molecular weight is 244 g/mol. The van der Waals surface area contributed by atoms with Crippen LogP contribution in [0.2, 0.25) is 0 Å². The summed E-state index contributed by atoms with van der Waals surface area (Å²) in [5.41, 5.74) is 10.7. The fourth-order valence-electron chi connectivity index (χ4n) is 1.97. The lowest BCUT2D eigenvalue weighted by Crippen LogP contribution is -1.90. The molecule has 0 fully saturated rings. The molecule has 4 nitrogen and oxygen atoms in total. The topological polar surface area (TPSA) is 56.2 Å². The number of nitrogens with zero attached hydrogens (tertiary/aromatic N) is 3. The first-order valence-corrected chi connectivity index (χ1v) is 6.20. The molecule has 5 heteroatoms. The number of nitrogens with two attached hydrogens (primary N) is 1. The average Bonchev–Trinajstić information content (AvgIpc) is 2.80. The minimum atomic E-state index is 0.585. The smallest absolute Gasteiger partial charge is 0.180 e. The van der Waals surface area contributed by atoms with E-state index in [1.807, 2.05) is 18.5 Å². The van der Waals surface area contributed by atoms with Gasteiger partial charge in [0.25, 0.3) is 0 Å². The molecule has 0 saturated heterocycles. The normalized spacial score (nSPS) is 11.2. The monoisotopic (exact) mass is 244 g/mol. The van der Waals surface area contributed by atoms with E-state index in [4.69, 9.17) is 5.73 Å². The minimum absolute atomic E-state index is 0.585. The van der Waals surface area contributed by atoms with E-state index in [9.17, 15) is 0 Å². The van der Waals surface area contributed by atoms with Crippen LogP contribution in [0.15, 0.2) is 23.7 Å². The Bertz CT molecular complexity index is 696. The van der Waals surface area contributed by atoms with E-state index in [2.05, 4.69) is 33.4 Å². The van der Waals surface area contributed by atoms with Crippen LogP contribution in [-0.4, -0.2) is 14.4 Å². The Labute approximate surface area is 103 Å². The second kappa shape index (κ2) is 3.56. The van der Waals surface area contributed by atoms with Gasteiger partial charge < -0.3 is 5.73 Å². The number of hydrogen-bond donors (Lipinski definition) is 1. The number of pyridine rings is 1. The first-order chi connectivity index (χ1) is 8.15. The summed E-state index contributed by atoms with van der Waals surface area (Å²) in [7, 11) is 0. The molecule has 3 aromatic rings. The van der Waals surface area contributed by atoms with Crippen molar-refractivity contribution in [1.82, 2.24) is 14.4 Å². The second-order valence-electron chi connectivity index (χ2n) is 4.05. The van der Waals surface area contributed by atoms with E-state index in [0.717, 1.165) is 22.7 Å². The van der Waals surface area contributed by atoms with E-state index < -0.39 is 0 Å². The molecule has 0 amide bonds. The van der Waals surface area contributed by atoms with Crippen molar-refractivity contribution >= 4 is 22.1 Å². The molecule has 0 saturated carbocycles. The summed E-state index contributed by atoms with van der Waals surface area (Å²) in [6, 6.07) is 4.12. The fraction of sp³-hybridized carbons (Fsp3) is 0.167. The van der Waals surface area contributed by atoms with Gasteiger partial charge >= 0.3 is 0 Å². The lowest BCUT2D eigenvalue weighted by Gasteiger charge is -2.00. The molecule has 0 unspecified atom stereocenters. The molecule has 0 aliphatic heterocycles. The number of rotatable bonds is 1. The Morgan fingerprint density at radius 1 is 1.29 bits per heavy atom. The summed E-state index contributed by atoms with van der Waals surface area (Å²) in [5, 5.41) is 2.55. The van der Waals surface area contributed by atoms with Crippen LogP contribution in [0.25, 0.3) is 17.0 Å². The van der Waals surface area contributed by atoms with Crippen LogP contribution in [0.4, 0.5) is 5.13 Å². The third-order valence-corrected chi connectivity index (χ3v) is 3.39. The van der Waals surface area contributed by atoms with Gasteiger partial charge in [0, 0.05) is 11.6 Å². The zero-order chi connectivity index (χ0) is 12.0. The summed E-state index contributed by atoms with van der Waals surface area (Å²) in [6.45, 7) is 4.05. The lowest BCUT2D eigenvalue weighted by molar-refractivity contribution is 1.16. The highest BCUT2D eigenvalue weighted by atomic mass is 32.1. The number of hydrogen-bond acceptors (Lipinski definition) is 4. The Balaban J connectivity index is 2.32. The van der Waals surface area contributed by atoms with Crippen LogP contribution in [0.3, 0.4) is 0 Å². The number of imidazole rings is 1. The molecule has 0 atom stereocenters. The van der Waals surface area contributed by atoms with Gasteiger partial charge in [0.1, 0.15) is 11.3 Å². The Morgan fingerprint density at radius 2 is 2.12 bits per heavy atom. The Morgan fingerprint density at radius 3 is 2.82 bits per heavy atom. The highest BCUT2D eigenvalue weighted by Crippen LogP contribution is 2.27. The van der Waals surface area contributed by atoms with Crippen LogP contribution in [0.1, 0.15) is 11.3 Å². The van der Waals surface area contributed by atoms with E-state index in [1.165, 1.54) is 16.9 Å². The number of aryl methyl sites for hydroxylation is 2. The van der Waals surface area contributed by atoms with Crippen molar-refractivity contribution < 1.29 is 0 Å². The molecule has 3 aromatic heterocycles. The van der Waals surface area contributed by atoms with Crippen LogP contribution in [0, 0.1) is 13.8 Å². The molecule has 3 rings (SSSR count). The van der Waals surface area contributed by atoms with Gasteiger partial charge in [0.15, 0.2) is 5.13 Å². The fourth-order valence-corrected chi connectivity index (χ4v) is 2.52. The maximum atomic E-state index is 5.68. The molecule has 2 N–H and O–H groups in total. The van der Waals surface area contributed by atoms with Crippen molar-refractivity contribution in [3.05, 3.63) is 35.0 Å². The quantitative estimate of drug-likeness (QED) is 0.716. The molecule has 0 radical (unpaired) electrons. The molecule has 17 heavy (non-hydrogen) atoms. The van der Waals surface area contributed by atoms with Gasteiger partial charge in [-0.25, -0.2) is 9.97 Å². The molecular weight excluding hydrogens is 232 g/mol. The highest BCUT2D eigenvalue weighted by molar-refractivity contribution is 7.13. The van der Waals surface area contributed by atoms with Gasteiger partial charge in [-0.2, -0.15) is 0 Å². The first-order valence-electron chi connectivity index (χ1n) is 5.32. The molecule has 3 heterocycles. The van der Waals surface area contributed by atoms with Crippen molar-refractivity contribution in [2.24, 2.45) is 0 Å². The molecule has 86 valence electrons. The summed E-state index contributed by atoms with van der Waals surface area (Å²) >= 11 is 1.45. The Kier molecular flexibility index (Phi) is 2.16. The molecule has 0 aliphatic rings. The van der Waals surface area contributed by atoms with Gasteiger partial charge in [0.05, 0.1) is 11.4 Å². The first kappa shape index (κ1) is 10.3. The van der Waals surface area contributed by atoms with Gasteiger partial charge in [-0.15, -0.1) is 11.3 Å². The third kappa shape index (κ3) is 1.59. The standard InChI is InChI=1S/C12H12N4S/c1-7-3-4-16-10(5-7)14-8(2)11(16)9-6-17-12(13)15-9/h3-6H,1-2H3,(H2,13,15). The zero-order valence-electron chi connectivity index (χ0n) is 9.64. The van der Waals surface area contributed by atoms with Gasteiger partial charge in [-0.05, 0) is 31.5 Å². The van der Waals surface area contributed by atoms with Crippen LogP contribution in [0.5, 0.6) is 0 Å². The summed E-state index contributed by atoms with van der Waals surface area (Å²) < 4.78 is 2.05. The van der Waals surface area contributed by atoms with Crippen molar-refractivity contribution in [2.45, 2.75) is 13.8 Å². The van der Waals surface area contributed by atoms with Gasteiger partial charge in [-0.3, -0.25) is 4.40 Å². The number of thiazole rings is 1. The van der Waals surface area contributed by atoms with Crippen molar-refractivity contribution in [3.8, 4) is 11.4 Å².